The molecule has 2 aromatic carbocycles. The van der Waals surface area contributed by atoms with Crippen LogP contribution < -0.4 is 0 Å². The SMILES string of the molecule is CC(C)N(C[C@@H](Cc1ccccc1)C(O)c1ccc(O)cc1)C(C)C. The minimum atomic E-state index is -0.569. The van der Waals surface area contributed by atoms with E-state index < -0.39 is 6.10 Å². The summed E-state index contributed by atoms with van der Waals surface area (Å²) in [6.45, 7) is 9.63. The maximum absolute atomic E-state index is 11.0. The average Bonchev–Trinajstić information content (AvgIpc) is 2.58. The Kier molecular flexibility index (Phi) is 7.03. The first-order chi connectivity index (χ1) is 11.9. The molecule has 0 aliphatic carbocycles. The smallest absolute Gasteiger partial charge is 0.115 e. The molecule has 2 rings (SSSR count). The molecular weight excluding hydrogens is 310 g/mol. The van der Waals surface area contributed by atoms with E-state index in [9.17, 15) is 10.2 Å². The van der Waals surface area contributed by atoms with Crippen LogP contribution in [0.1, 0.15) is 44.9 Å². The van der Waals surface area contributed by atoms with Gasteiger partial charge in [-0.1, -0.05) is 42.5 Å². The predicted molar refractivity (Wildman–Crippen MR) is 104 cm³/mol. The van der Waals surface area contributed by atoms with Crippen molar-refractivity contribution < 1.29 is 10.2 Å². The summed E-state index contributed by atoms with van der Waals surface area (Å²) in [5, 5.41) is 20.6. The van der Waals surface area contributed by atoms with Gasteiger partial charge in [-0.2, -0.15) is 0 Å². The molecule has 2 N–H and O–H groups in total. The van der Waals surface area contributed by atoms with Crippen LogP contribution in [0, 0.1) is 5.92 Å². The van der Waals surface area contributed by atoms with Crippen LogP contribution in [0.4, 0.5) is 0 Å². The molecule has 0 radical (unpaired) electrons. The minimum absolute atomic E-state index is 0.0803. The van der Waals surface area contributed by atoms with Crippen molar-refractivity contribution >= 4 is 0 Å². The quantitative estimate of drug-likeness (QED) is 0.748. The van der Waals surface area contributed by atoms with E-state index in [0.29, 0.717) is 12.1 Å². The first-order valence-electron chi connectivity index (χ1n) is 9.15. The van der Waals surface area contributed by atoms with Crippen molar-refractivity contribution in [1.29, 1.82) is 0 Å². The van der Waals surface area contributed by atoms with Crippen LogP contribution in [0.3, 0.4) is 0 Å². The van der Waals surface area contributed by atoms with Crippen molar-refractivity contribution in [1.82, 2.24) is 4.90 Å². The summed E-state index contributed by atoms with van der Waals surface area (Å²) in [7, 11) is 0. The van der Waals surface area contributed by atoms with Gasteiger partial charge in [-0.05, 0) is 57.4 Å². The molecule has 3 heteroatoms. The Bertz CT molecular complexity index is 614. The van der Waals surface area contributed by atoms with Crippen molar-refractivity contribution in [3.8, 4) is 5.75 Å². The van der Waals surface area contributed by atoms with Gasteiger partial charge in [0.15, 0.2) is 0 Å². The van der Waals surface area contributed by atoms with E-state index in [1.54, 1.807) is 12.1 Å². The molecule has 0 spiro atoms. The number of hydrogen-bond donors (Lipinski definition) is 2. The first kappa shape index (κ1) is 19.5. The lowest BCUT2D eigenvalue weighted by Gasteiger charge is -2.36. The molecule has 136 valence electrons. The van der Waals surface area contributed by atoms with Crippen LogP contribution in [0.25, 0.3) is 0 Å². The van der Waals surface area contributed by atoms with Crippen molar-refractivity contribution in [3.05, 3.63) is 65.7 Å². The van der Waals surface area contributed by atoms with Crippen molar-refractivity contribution in [3.63, 3.8) is 0 Å². The van der Waals surface area contributed by atoms with E-state index in [1.165, 1.54) is 5.56 Å². The van der Waals surface area contributed by atoms with Crippen molar-refractivity contribution in [2.75, 3.05) is 6.54 Å². The summed E-state index contributed by atoms with van der Waals surface area (Å²) in [6, 6.07) is 18.1. The molecule has 0 saturated carbocycles. The zero-order chi connectivity index (χ0) is 18.4. The fourth-order valence-corrected chi connectivity index (χ4v) is 3.43. The summed E-state index contributed by atoms with van der Waals surface area (Å²) in [5.41, 5.74) is 2.09. The van der Waals surface area contributed by atoms with Gasteiger partial charge >= 0.3 is 0 Å². The average molecular weight is 341 g/mol. The molecular formula is C22H31NO2. The zero-order valence-corrected chi connectivity index (χ0v) is 15.8. The van der Waals surface area contributed by atoms with Gasteiger partial charge in [-0.3, -0.25) is 4.90 Å². The predicted octanol–water partition coefficient (Wildman–Crippen LogP) is 4.40. The number of nitrogens with zero attached hydrogens (tertiary/aromatic N) is 1. The van der Waals surface area contributed by atoms with Gasteiger partial charge in [0.25, 0.3) is 0 Å². The number of aromatic hydroxyl groups is 1. The van der Waals surface area contributed by atoms with Crippen LogP contribution in [-0.4, -0.2) is 33.7 Å². The van der Waals surface area contributed by atoms with Gasteiger partial charge in [-0.15, -0.1) is 0 Å². The number of aliphatic hydroxyl groups excluding tert-OH is 1. The lowest BCUT2D eigenvalue weighted by Crippen LogP contribution is -2.42. The Morgan fingerprint density at radius 1 is 0.840 bits per heavy atom. The first-order valence-corrected chi connectivity index (χ1v) is 9.15. The van der Waals surface area contributed by atoms with E-state index in [-0.39, 0.29) is 11.7 Å². The van der Waals surface area contributed by atoms with Gasteiger partial charge in [0, 0.05) is 24.5 Å². The number of hydrogen-bond acceptors (Lipinski definition) is 3. The van der Waals surface area contributed by atoms with Gasteiger partial charge in [0.1, 0.15) is 5.75 Å². The summed E-state index contributed by atoms with van der Waals surface area (Å²) in [5.74, 6) is 0.304. The van der Waals surface area contributed by atoms with Crippen LogP contribution >= 0.6 is 0 Å². The molecule has 0 fully saturated rings. The van der Waals surface area contributed by atoms with E-state index in [2.05, 4.69) is 44.7 Å². The highest BCUT2D eigenvalue weighted by Crippen LogP contribution is 2.28. The number of phenols is 1. The van der Waals surface area contributed by atoms with Gasteiger partial charge in [0.05, 0.1) is 6.10 Å². The minimum Gasteiger partial charge on any atom is -0.508 e. The van der Waals surface area contributed by atoms with E-state index >= 15 is 0 Å². The molecule has 0 saturated heterocycles. The van der Waals surface area contributed by atoms with Crippen LogP contribution in [0.5, 0.6) is 5.75 Å². The maximum Gasteiger partial charge on any atom is 0.115 e. The summed E-state index contributed by atoms with van der Waals surface area (Å²) in [6.07, 6.45) is 0.250. The molecule has 0 aliphatic heterocycles. The fourth-order valence-electron chi connectivity index (χ4n) is 3.43. The molecule has 25 heavy (non-hydrogen) atoms. The molecule has 0 amide bonds. The monoisotopic (exact) mass is 341 g/mol. The summed E-state index contributed by atoms with van der Waals surface area (Å²) < 4.78 is 0. The normalized spacial score (nSPS) is 14.2. The molecule has 0 bridgehead atoms. The highest BCUT2D eigenvalue weighted by Gasteiger charge is 2.26. The number of phenolic OH excluding ortho intramolecular Hbond substituents is 1. The summed E-state index contributed by atoms with van der Waals surface area (Å²) >= 11 is 0. The molecule has 1 unspecified atom stereocenters. The topological polar surface area (TPSA) is 43.7 Å². The Labute approximate surface area is 151 Å². The Balaban J connectivity index is 2.25. The highest BCUT2D eigenvalue weighted by atomic mass is 16.3. The fraction of sp³-hybridized carbons (Fsp3) is 0.455. The van der Waals surface area contributed by atoms with Crippen molar-refractivity contribution in [2.45, 2.75) is 52.3 Å². The Morgan fingerprint density at radius 2 is 1.40 bits per heavy atom. The number of benzene rings is 2. The lowest BCUT2D eigenvalue weighted by atomic mass is 9.88. The second kappa shape index (κ2) is 9.02. The lowest BCUT2D eigenvalue weighted by molar-refractivity contribution is 0.0571. The van der Waals surface area contributed by atoms with Crippen LogP contribution in [-0.2, 0) is 6.42 Å². The second-order valence-electron chi connectivity index (χ2n) is 7.37. The largest absolute Gasteiger partial charge is 0.508 e. The van der Waals surface area contributed by atoms with Gasteiger partial charge in [0.2, 0.25) is 0 Å². The Hall–Kier alpha value is -1.84. The van der Waals surface area contributed by atoms with Crippen LogP contribution in [0.2, 0.25) is 0 Å². The second-order valence-corrected chi connectivity index (χ2v) is 7.37. The number of aliphatic hydroxyl groups is 1. The number of rotatable bonds is 8. The maximum atomic E-state index is 11.0. The molecule has 2 aromatic rings. The molecule has 0 heterocycles. The third-order valence-electron chi connectivity index (χ3n) is 4.79. The van der Waals surface area contributed by atoms with Crippen LogP contribution in [0.15, 0.2) is 54.6 Å². The third-order valence-corrected chi connectivity index (χ3v) is 4.79. The molecule has 0 aliphatic rings. The van der Waals surface area contributed by atoms with E-state index in [4.69, 9.17) is 0 Å². The Morgan fingerprint density at radius 3 is 1.92 bits per heavy atom. The molecule has 3 nitrogen and oxygen atoms in total. The summed E-state index contributed by atoms with van der Waals surface area (Å²) in [4.78, 5) is 2.43. The molecule has 0 aromatic heterocycles. The van der Waals surface area contributed by atoms with E-state index in [1.807, 2.05) is 30.3 Å². The van der Waals surface area contributed by atoms with Crippen molar-refractivity contribution in [2.24, 2.45) is 5.92 Å². The van der Waals surface area contributed by atoms with Gasteiger partial charge < -0.3 is 10.2 Å². The van der Waals surface area contributed by atoms with Gasteiger partial charge in [-0.25, -0.2) is 0 Å². The standard InChI is InChI=1S/C22H31NO2/c1-16(2)23(17(3)4)15-20(14-18-8-6-5-7-9-18)22(25)19-10-12-21(24)13-11-19/h5-13,16-17,20,22,24-25H,14-15H2,1-4H3/t20-,22?/m1/s1. The third kappa shape index (κ3) is 5.58. The molecule has 2 atom stereocenters. The van der Waals surface area contributed by atoms with E-state index in [0.717, 1.165) is 18.5 Å². The highest BCUT2D eigenvalue weighted by molar-refractivity contribution is 5.28. The zero-order valence-electron chi connectivity index (χ0n) is 15.8.